The second kappa shape index (κ2) is 15100. The third-order valence-corrected chi connectivity index (χ3v) is 0. The Morgan fingerprint density at radius 3 is 0.0597 bits per heavy atom. The molecule has 67 heavy (non-hydrogen) atoms. The zero-order valence-electron chi connectivity index (χ0n) is 21.3. The van der Waals surface area contributed by atoms with Crippen LogP contribution in [0, 0.1) is 0 Å². The summed E-state index contributed by atoms with van der Waals surface area (Å²) in [6.07, 6.45) is 0. The Bertz CT molecular complexity index is 43.2. The van der Waals surface area contributed by atoms with E-state index in [4.69, 9.17) is 229 Å². The zero-order valence-corrected chi connectivity index (χ0v) is 21.3. The molecule has 0 unspecified atom stereocenters. The first-order valence-electron chi connectivity index (χ1n) is 3.57. The molecular formula is C11H50F56. The summed E-state index contributed by atoms with van der Waals surface area (Å²) in [5, 5.41) is 0. The van der Waals surface area contributed by atoms with E-state index in [0.717, 1.165) is 0 Å². The van der Waals surface area contributed by atoms with Gasteiger partial charge >= 0.3 is 0 Å². The van der Waals surface area contributed by atoms with Crippen molar-refractivity contribution in [1.29, 1.82) is 0 Å². The molecular weight excluding hydrogens is 1200 g/mol. The van der Waals surface area contributed by atoms with Crippen molar-refractivity contribution in [2.75, 3.05) is 0 Å². The van der Waals surface area contributed by atoms with E-state index in [1.54, 1.807) is 0 Å². The average molecular weight is 1250 g/mol. The molecule has 0 aliphatic carbocycles. The van der Waals surface area contributed by atoms with Gasteiger partial charge in [0.05, 0.1) is 0 Å². The van der Waals surface area contributed by atoms with E-state index in [-0.39, 0.29) is 110 Å². The van der Waals surface area contributed by atoms with Gasteiger partial charge in [0.1, 0.15) is 0 Å². The largest absolute Gasteiger partial charge is 0.269 e. The van der Waals surface area contributed by atoms with Gasteiger partial charge in [0.2, 0.25) is 0 Å². The minimum absolute atomic E-state index is 0. The maximum atomic E-state index is 8.00. The molecule has 0 rings (SSSR count). The fraction of sp³-hybridized carbons (Fsp3) is 1.00. The highest BCUT2D eigenvalue weighted by Gasteiger charge is 1.05. The van der Waals surface area contributed by atoms with Gasteiger partial charge in [0, 0.05) is 229 Å². The van der Waals surface area contributed by atoms with Crippen molar-refractivity contribution < 1.29 is 257 Å². The molecule has 0 spiro atoms. The van der Waals surface area contributed by atoms with Crippen LogP contribution in [0.3, 0.4) is 0 Å². The topological polar surface area (TPSA) is 0 Å². The van der Waals surface area contributed by atoms with Gasteiger partial charge in [-0.15, -0.1) is 0 Å². The first-order valence-corrected chi connectivity index (χ1v) is 3.57. The van der Waals surface area contributed by atoms with E-state index < -0.39 is 0 Å². The van der Waals surface area contributed by atoms with Crippen LogP contribution in [0.1, 0.15) is 81.7 Å². The standard InChI is InChI=1S/11CH4.25F2.6FH/c;;;;;;;;;;;25*1-2;;;;;;/h11*1H4;;;;;;;;;;;;;;;;;;;;;;;;;;6*1H. The molecule has 0 heterocycles. The molecule has 56 heteroatoms. The van der Waals surface area contributed by atoms with Gasteiger partial charge in [0.25, 0.3) is 0 Å². The van der Waals surface area contributed by atoms with E-state index in [9.17, 15) is 0 Å². The van der Waals surface area contributed by atoms with Crippen LogP contribution in [0.2, 0.25) is 0 Å². The van der Waals surface area contributed by atoms with Crippen molar-refractivity contribution in [3.8, 4) is 0 Å². The first kappa shape index (κ1) is 547. The lowest BCUT2D eigenvalue weighted by atomic mass is 12.0. The van der Waals surface area contributed by atoms with Crippen LogP contribution in [0.4, 0.5) is 257 Å². The minimum atomic E-state index is 0. The first-order chi connectivity index (χ1) is 25.0. The monoisotopic (exact) mass is 1250 g/mol. The van der Waals surface area contributed by atoms with Gasteiger partial charge in [0.15, 0.2) is 0 Å². The van der Waals surface area contributed by atoms with Gasteiger partial charge in [-0.2, -0.15) is 0 Å². The molecule has 0 bridgehead atoms. The SMILES string of the molecule is C.C.C.C.C.C.C.C.C.C.C.F.F.F.F.F.F.FF.FF.FF.FF.FF.FF.FF.FF.FF.FF.FF.FF.FF.FF.FF.FF.FF.FF.FF.FF.FF.FF.FF.FF.FF. The quantitative estimate of drug-likeness (QED) is 0.212. The third-order valence-electron chi connectivity index (χ3n) is 0. The highest BCUT2D eigenvalue weighted by molar-refractivity contribution is 2.51. The lowest BCUT2D eigenvalue weighted by molar-refractivity contribution is 0.108. The summed E-state index contributed by atoms with van der Waals surface area (Å²) < 4.78 is 400. The van der Waals surface area contributed by atoms with E-state index in [1.807, 2.05) is 0 Å². The lowest BCUT2D eigenvalue weighted by Gasteiger charge is -1.00. The summed E-state index contributed by atoms with van der Waals surface area (Å²) in [6, 6.07) is 0. The van der Waals surface area contributed by atoms with Crippen molar-refractivity contribution in [3.63, 3.8) is 0 Å². The van der Waals surface area contributed by atoms with Crippen LogP contribution in [0.15, 0.2) is 0 Å². The highest BCUT2D eigenvalue weighted by Crippen LogP contribution is 1.47. The Morgan fingerprint density at radius 1 is 0.0597 bits per heavy atom. The second-order valence-corrected chi connectivity index (χ2v) is 0. The van der Waals surface area contributed by atoms with Gasteiger partial charge in [-0.1, -0.05) is 81.7 Å². The van der Waals surface area contributed by atoms with E-state index in [0.29, 0.717) is 0 Å². The zero-order chi connectivity index (χ0) is 50.0. The van der Waals surface area contributed by atoms with Crippen molar-refractivity contribution in [2.45, 2.75) is 81.7 Å². The Labute approximate surface area is 341 Å². The van der Waals surface area contributed by atoms with Gasteiger partial charge in [-0.25, -0.2) is 0 Å². The molecule has 0 saturated heterocycles. The summed E-state index contributed by atoms with van der Waals surface area (Å²) in [6.45, 7) is 0. The average Bonchev–Trinajstić information content (AvgIpc) is 3.37. The van der Waals surface area contributed by atoms with Gasteiger partial charge < -0.3 is 0 Å². The Kier molecular flexibility index (Phi) is 123000. The predicted octanol–water partition coefficient (Wildman–Crippen LogP) is 28.9. The second-order valence-electron chi connectivity index (χ2n) is 0. The molecule has 0 aromatic carbocycles. The highest BCUT2D eigenvalue weighted by atomic mass is 20.0. The van der Waals surface area contributed by atoms with Crippen LogP contribution < -0.4 is 0 Å². The fourth-order valence-electron chi connectivity index (χ4n) is 0. The smallest absolute Gasteiger partial charge is 0 e. The van der Waals surface area contributed by atoms with E-state index >= 15 is 0 Å². The summed E-state index contributed by atoms with van der Waals surface area (Å²) in [7, 11) is 0. The Morgan fingerprint density at radius 2 is 0.0597 bits per heavy atom. The van der Waals surface area contributed by atoms with Crippen LogP contribution in [-0.4, -0.2) is 0 Å². The molecule has 486 valence electrons. The summed E-state index contributed by atoms with van der Waals surface area (Å²) in [5.41, 5.74) is 0. The molecule has 0 amide bonds. The molecule has 0 aliphatic heterocycles. The maximum absolute atomic E-state index is 8.00. The summed E-state index contributed by atoms with van der Waals surface area (Å²) >= 11 is 0. The number of hydrogen-bond acceptors (Lipinski definition) is 0. The van der Waals surface area contributed by atoms with Crippen molar-refractivity contribution in [3.05, 3.63) is 0 Å². The summed E-state index contributed by atoms with van der Waals surface area (Å²) in [4.78, 5) is 0. The van der Waals surface area contributed by atoms with Gasteiger partial charge in [-0.05, 0) is 0 Å². The molecule has 0 saturated carbocycles. The van der Waals surface area contributed by atoms with Crippen molar-refractivity contribution in [2.24, 2.45) is 0 Å². The number of rotatable bonds is 0. The minimum Gasteiger partial charge on any atom is -0.269 e. The summed E-state index contributed by atoms with van der Waals surface area (Å²) in [5.74, 6) is 0. The molecule has 0 fully saturated rings. The fourth-order valence-corrected chi connectivity index (χ4v) is 0. The maximum Gasteiger partial charge on any atom is 0 e. The molecule has 0 atom stereocenters. The molecule has 0 aromatic rings. The lowest BCUT2D eigenvalue weighted by Crippen LogP contribution is -0.580. The van der Waals surface area contributed by atoms with Gasteiger partial charge in [-0.3, -0.25) is 28.2 Å². The molecule has 0 N–H and O–H groups in total. The number of halogens is 56. The molecule has 0 nitrogen and oxygen atoms in total. The van der Waals surface area contributed by atoms with Crippen molar-refractivity contribution >= 4 is 0 Å². The Balaban J connectivity index is -0.00000000240. The Hall–Kier alpha value is -3.92. The van der Waals surface area contributed by atoms with Crippen LogP contribution in [-0.2, 0) is 0 Å². The van der Waals surface area contributed by atoms with E-state index in [2.05, 4.69) is 0 Å². The normalized spacial score (nSPS) is 2.24. The number of hydrogen-bond donors (Lipinski definition) is 0. The van der Waals surface area contributed by atoms with E-state index in [1.165, 1.54) is 0 Å². The molecule has 0 radical (unpaired) electrons. The van der Waals surface area contributed by atoms with Crippen LogP contribution >= 0.6 is 0 Å². The predicted molar refractivity (Wildman–Crippen MR) is 144 cm³/mol. The third kappa shape index (κ3) is 14600. The van der Waals surface area contributed by atoms with Crippen LogP contribution in [0.5, 0.6) is 0 Å². The molecule has 0 aromatic heterocycles. The molecule has 0 aliphatic rings. The van der Waals surface area contributed by atoms with Crippen molar-refractivity contribution in [1.82, 2.24) is 0 Å². The van der Waals surface area contributed by atoms with Crippen LogP contribution in [0.25, 0.3) is 0 Å².